The van der Waals surface area contributed by atoms with Crippen LogP contribution in [-0.2, 0) is 30.5 Å². The van der Waals surface area contributed by atoms with Crippen LogP contribution in [0.2, 0.25) is 0 Å². The number of amides is 4. The van der Waals surface area contributed by atoms with Crippen molar-refractivity contribution in [2.45, 2.75) is 91.1 Å². The number of carbonyl (C=O) groups excluding carboxylic acids is 4. The Morgan fingerprint density at radius 1 is 1.13 bits per heavy atom. The summed E-state index contributed by atoms with van der Waals surface area (Å²) < 4.78 is 12.4. The molecule has 5 heterocycles. The van der Waals surface area contributed by atoms with Gasteiger partial charge in [0.1, 0.15) is 15.9 Å². The van der Waals surface area contributed by atoms with Gasteiger partial charge in [-0.25, -0.2) is 4.98 Å². The van der Waals surface area contributed by atoms with Crippen molar-refractivity contribution >= 4 is 35.0 Å². The Labute approximate surface area is 270 Å². The zero-order valence-corrected chi connectivity index (χ0v) is 28.3. The molecule has 1 aromatic rings. The zero-order valence-electron chi connectivity index (χ0n) is 27.5. The van der Waals surface area contributed by atoms with Crippen LogP contribution in [0, 0.1) is 34.5 Å². The standard InChI is InChI=1S/C33H49N5O6S/c1-31(2,3)44-15-22-35-12-21(45-22)29(41)37-13-20-27(39)36-25(28(40)34-6)26(43-14-19-10-8-7-9-11-19)23-24(32(23,4)5)30(42)38-17-33(20,16-37)18-38/h12,19-20,23-26H,7-11,13-18H2,1-6H3,(H,34,40)(H,36,39)/t20-,23?,24+,25-,26+/m0/s1. The average Bonchev–Trinajstić information content (AvgIpc) is 3.33. The lowest BCUT2D eigenvalue weighted by Crippen LogP contribution is -2.65. The summed E-state index contributed by atoms with van der Waals surface area (Å²) in [4.78, 5) is 63.8. The van der Waals surface area contributed by atoms with Gasteiger partial charge in [-0.2, -0.15) is 0 Å². The van der Waals surface area contributed by atoms with Gasteiger partial charge in [0.15, 0.2) is 0 Å². The molecule has 45 heavy (non-hydrogen) atoms. The van der Waals surface area contributed by atoms with Crippen molar-refractivity contribution in [3.8, 4) is 0 Å². The van der Waals surface area contributed by atoms with Gasteiger partial charge in [-0.05, 0) is 44.9 Å². The number of rotatable bonds is 7. The molecule has 0 radical (unpaired) electrons. The maximum atomic E-state index is 14.2. The highest BCUT2D eigenvalue weighted by Gasteiger charge is 2.70. The van der Waals surface area contributed by atoms with E-state index in [0.717, 1.165) is 12.8 Å². The van der Waals surface area contributed by atoms with E-state index in [9.17, 15) is 19.2 Å². The second-order valence-corrected chi connectivity index (χ2v) is 16.7. The quantitative estimate of drug-likeness (QED) is 0.468. The fraction of sp³-hybridized carbons (Fsp3) is 0.788. The molecule has 2 aliphatic carbocycles. The van der Waals surface area contributed by atoms with Crippen LogP contribution in [0.3, 0.4) is 0 Å². The fourth-order valence-electron chi connectivity index (χ4n) is 8.26. The number of thiazole rings is 1. The smallest absolute Gasteiger partial charge is 0.265 e. The van der Waals surface area contributed by atoms with Crippen LogP contribution in [0.4, 0.5) is 0 Å². The molecule has 5 atom stereocenters. The second-order valence-electron chi connectivity index (χ2n) is 15.5. The zero-order chi connectivity index (χ0) is 32.3. The number of hydrogen-bond donors (Lipinski definition) is 2. The largest absolute Gasteiger partial charge is 0.375 e. The molecule has 1 unspecified atom stereocenters. The maximum Gasteiger partial charge on any atom is 0.265 e. The van der Waals surface area contributed by atoms with Crippen LogP contribution in [0.5, 0.6) is 0 Å². The van der Waals surface area contributed by atoms with Crippen LogP contribution in [0.1, 0.15) is 81.4 Å². The van der Waals surface area contributed by atoms with Gasteiger partial charge < -0.3 is 29.9 Å². The Kier molecular flexibility index (Phi) is 8.56. The molecule has 1 spiro atoms. The Balaban J connectivity index is 1.25. The van der Waals surface area contributed by atoms with Crippen LogP contribution < -0.4 is 10.6 Å². The minimum Gasteiger partial charge on any atom is -0.375 e. The summed E-state index contributed by atoms with van der Waals surface area (Å²) in [7, 11) is 1.56. The molecular weight excluding hydrogens is 594 g/mol. The molecule has 248 valence electrons. The Morgan fingerprint density at radius 2 is 1.84 bits per heavy atom. The van der Waals surface area contributed by atoms with Crippen LogP contribution in [0.25, 0.3) is 0 Å². The Morgan fingerprint density at radius 3 is 2.51 bits per heavy atom. The summed E-state index contributed by atoms with van der Waals surface area (Å²) in [6.45, 7) is 12.3. The van der Waals surface area contributed by atoms with Crippen molar-refractivity contribution in [1.29, 1.82) is 0 Å². The first-order valence-electron chi connectivity index (χ1n) is 16.5. The molecule has 2 N–H and O–H groups in total. The monoisotopic (exact) mass is 643 g/mol. The first-order chi connectivity index (χ1) is 21.2. The van der Waals surface area contributed by atoms with Crippen molar-refractivity contribution < 1.29 is 28.7 Å². The topological polar surface area (TPSA) is 130 Å². The van der Waals surface area contributed by atoms with Gasteiger partial charge in [0.25, 0.3) is 5.91 Å². The van der Waals surface area contributed by atoms with E-state index >= 15 is 0 Å². The summed E-state index contributed by atoms with van der Waals surface area (Å²) >= 11 is 1.30. The van der Waals surface area contributed by atoms with Crippen molar-refractivity contribution in [1.82, 2.24) is 25.4 Å². The van der Waals surface area contributed by atoms with E-state index in [1.807, 2.05) is 25.7 Å². The number of aromatic nitrogens is 1. The molecule has 6 fully saturated rings. The highest BCUT2D eigenvalue weighted by atomic mass is 32.1. The van der Waals surface area contributed by atoms with E-state index in [2.05, 4.69) is 29.5 Å². The third-order valence-electron chi connectivity index (χ3n) is 10.9. The maximum absolute atomic E-state index is 14.2. The molecule has 12 heteroatoms. The van der Waals surface area contributed by atoms with E-state index in [1.165, 1.54) is 30.6 Å². The summed E-state index contributed by atoms with van der Waals surface area (Å²) in [6.07, 6.45) is 6.71. The van der Waals surface area contributed by atoms with E-state index in [-0.39, 0.29) is 53.0 Å². The van der Waals surface area contributed by atoms with Crippen molar-refractivity contribution in [2.75, 3.05) is 39.8 Å². The third kappa shape index (κ3) is 6.14. The van der Waals surface area contributed by atoms with Gasteiger partial charge in [0.05, 0.1) is 30.4 Å². The number of nitrogens with zero attached hydrogens (tertiary/aromatic N) is 3. The molecule has 11 nitrogen and oxygen atoms in total. The highest BCUT2D eigenvalue weighted by molar-refractivity contribution is 7.13. The molecule has 4 aliphatic heterocycles. The fourth-order valence-corrected chi connectivity index (χ4v) is 9.06. The lowest BCUT2D eigenvalue weighted by atomic mass is 9.71. The van der Waals surface area contributed by atoms with Gasteiger partial charge in [-0.1, -0.05) is 33.1 Å². The van der Waals surface area contributed by atoms with Crippen LogP contribution in [-0.4, -0.2) is 96.0 Å². The van der Waals surface area contributed by atoms with Gasteiger partial charge in [0, 0.05) is 57.1 Å². The van der Waals surface area contributed by atoms with E-state index in [1.54, 1.807) is 18.1 Å². The molecule has 2 bridgehead atoms. The van der Waals surface area contributed by atoms with Gasteiger partial charge in [-0.15, -0.1) is 11.3 Å². The number of carbonyl (C=O) groups is 4. The summed E-state index contributed by atoms with van der Waals surface area (Å²) in [5.41, 5.74) is -1.26. The van der Waals surface area contributed by atoms with E-state index in [4.69, 9.17) is 9.47 Å². The van der Waals surface area contributed by atoms with Crippen LogP contribution in [0.15, 0.2) is 6.20 Å². The number of likely N-dealkylation sites (tertiary alicyclic amines) is 1. The van der Waals surface area contributed by atoms with Gasteiger partial charge in [0.2, 0.25) is 17.7 Å². The van der Waals surface area contributed by atoms with Gasteiger partial charge >= 0.3 is 0 Å². The first-order valence-corrected chi connectivity index (χ1v) is 17.4. The van der Waals surface area contributed by atoms with E-state index in [0.29, 0.717) is 48.7 Å². The third-order valence-corrected chi connectivity index (χ3v) is 11.9. The van der Waals surface area contributed by atoms with E-state index < -0.39 is 23.5 Å². The highest BCUT2D eigenvalue weighted by Crippen LogP contribution is 2.63. The molecular formula is C33H49N5O6S. The summed E-state index contributed by atoms with van der Waals surface area (Å²) in [5, 5.41) is 6.56. The number of fused-ring (bicyclic) bond motifs is 3. The Bertz CT molecular complexity index is 1330. The minimum atomic E-state index is -0.938. The van der Waals surface area contributed by atoms with Gasteiger partial charge in [-0.3, -0.25) is 19.2 Å². The number of ether oxygens (including phenoxy) is 2. The second kappa shape index (κ2) is 11.9. The van der Waals surface area contributed by atoms with Crippen LogP contribution >= 0.6 is 11.3 Å². The lowest BCUT2D eigenvalue weighted by molar-refractivity contribution is -0.151. The molecule has 6 aliphatic rings. The SMILES string of the molecule is CNC(=O)[C@H]1NC(=O)[C@@H]2CN(C(=O)c3cnc(COC(C)(C)C)s3)CC23CN(C3)C(=O)[C@H]2C([C@H]1OCC1CCCCC1)C2(C)C. The molecule has 1 aromatic heterocycles. The van der Waals surface area contributed by atoms with Crippen molar-refractivity contribution in [2.24, 2.45) is 34.5 Å². The number of hydrogen-bond acceptors (Lipinski definition) is 8. The normalized spacial score (nSPS) is 30.8. The average molecular weight is 644 g/mol. The van der Waals surface area contributed by atoms with Crippen molar-refractivity contribution in [3.05, 3.63) is 16.1 Å². The Hall–Kier alpha value is -2.57. The molecule has 7 rings (SSSR count). The molecule has 0 aromatic carbocycles. The minimum absolute atomic E-state index is 0.0568. The predicted octanol–water partition coefficient (Wildman–Crippen LogP) is 2.84. The molecule has 4 amide bonds. The van der Waals surface area contributed by atoms with Crippen molar-refractivity contribution in [3.63, 3.8) is 0 Å². The number of nitrogens with one attached hydrogen (secondary N) is 2. The molecule has 4 saturated heterocycles. The molecule has 2 saturated carbocycles. The first kappa shape index (κ1) is 32.4. The summed E-state index contributed by atoms with van der Waals surface area (Å²) in [6, 6.07) is -0.938. The predicted molar refractivity (Wildman–Crippen MR) is 168 cm³/mol. The lowest BCUT2D eigenvalue weighted by Gasteiger charge is -2.50. The summed E-state index contributed by atoms with van der Waals surface area (Å²) in [5.74, 6) is -1.35. The number of likely N-dealkylation sites (N-methyl/N-ethyl adjacent to an activating group) is 1.